The molecule has 0 saturated heterocycles. The molecule has 0 aliphatic heterocycles. The van der Waals surface area contributed by atoms with Crippen molar-refractivity contribution in [3.63, 3.8) is 0 Å². The standard InChI is InChI=1S/C24H24FN5O/c1-13-14-2-4-15(5-3-14)22(13)29-21-9-20(16-6-7-31-12-16)28-24(30-21)19-11-27-23-18(19)8-17(25)10-26-23/h6-15,22H,2-5H2,1H3,(H,26,27)(H,28,29,30). The number of H-pyrrole nitrogens is 1. The highest BCUT2D eigenvalue weighted by molar-refractivity contribution is 5.92. The fraction of sp³-hybridized carbons (Fsp3) is 0.375. The van der Waals surface area contributed by atoms with E-state index >= 15 is 0 Å². The molecule has 31 heavy (non-hydrogen) atoms. The van der Waals surface area contributed by atoms with E-state index in [2.05, 4.69) is 22.2 Å². The van der Waals surface area contributed by atoms with Gasteiger partial charge in [0.15, 0.2) is 5.82 Å². The molecule has 0 spiro atoms. The first-order valence-electron chi connectivity index (χ1n) is 11.0. The second-order valence-corrected chi connectivity index (χ2v) is 8.93. The molecule has 3 fully saturated rings. The molecule has 2 atom stereocenters. The first kappa shape index (κ1) is 18.5. The third kappa shape index (κ3) is 3.19. The topological polar surface area (TPSA) is 79.6 Å². The maximum atomic E-state index is 13.9. The summed E-state index contributed by atoms with van der Waals surface area (Å²) in [4.78, 5) is 16.9. The van der Waals surface area contributed by atoms with Gasteiger partial charge in [-0.05, 0) is 55.6 Å². The zero-order valence-corrected chi connectivity index (χ0v) is 17.3. The Bertz CT molecular complexity index is 1220. The number of aromatic nitrogens is 4. The molecule has 3 aliphatic carbocycles. The van der Waals surface area contributed by atoms with Crippen LogP contribution < -0.4 is 5.32 Å². The molecule has 3 aliphatic rings. The Morgan fingerprint density at radius 3 is 2.74 bits per heavy atom. The fourth-order valence-corrected chi connectivity index (χ4v) is 5.54. The maximum Gasteiger partial charge on any atom is 0.164 e. The van der Waals surface area contributed by atoms with Gasteiger partial charge in [-0.25, -0.2) is 19.3 Å². The van der Waals surface area contributed by atoms with E-state index in [4.69, 9.17) is 14.4 Å². The van der Waals surface area contributed by atoms with Gasteiger partial charge in [-0.2, -0.15) is 0 Å². The second-order valence-electron chi connectivity index (χ2n) is 8.93. The highest BCUT2D eigenvalue weighted by atomic mass is 19.1. The van der Waals surface area contributed by atoms with Crippen molar-refractivity contribution in [1.82, 2.24) is 19.9 Å². The zero-order valence-electron chi connectivity index (χ0n) is 17.3. The highest BCUT2D eigenvalue weighted by Crippen LogP contribution is 2.46. The quantitative estimate of drug-likeness (QED) is 0.448. The van der Waals surface area contributed by atoms with Crippen molar-refractivity contribution < 1.29 is 8.81 Å². The molecule has 0 amide bonds. The van der Waals surface area contributed by atoms with Crippen LogP contribution in [0.15, 0.2) is 47.5 Å². The number of rotatable bonds is 4. The monoisotopic (exact) mass is 417 g/mol. The summed E-state index contributed by atoms with van der Waals surface area (Å²) in [6, 6.07) is 5.75. The van der Waals surface area contributed by atoms with Crippen molar-refractivity contribution in [1.29, 1.82) is 0 Å². The number of furan rings is 1. The van der Waals surface area contributed by atoms with Crippen molar-refractivity contribution in [3.05, 3.63) is 48.9 Å². The summed E-state index contributed by atoms with van der Waals surface area (Å²) in [5.74, 6) is 3.04. The van der Waals surface area contributed by atoms with Gasteiger partial charge >= 0.3 is 0 Å². The van der Waals surface area contributed by atoms with Crippen LogP contribution in [-0.4, -0.2) is 26.0 Å². The number of hydrogen-bond donors (Lipinski definition) is 2. The van der Waals surface area contributed by atoms with E-state index in [1.165, 1.54) is 37.9 Å². The van der Waals surface area contributed by atoms with Gasteiger partial charge in [-0.3, -0.25) is 0 Å². The summed E-state index contributed by atoms with van der Waals surface area (Å²) in [6.45, 7) is 2.36. The van der Waals surface area contributed by atoms with E-state index in [1.807, 2.05) is 12.1 Å². The van der Waals surface area contributed by atoms with Crippen LogP contribution in [0.25, 0.3) is 33.7 Å². The summed E-state index contributed by atoms with van der Waals surface area (Å²) < 4.78 is 19.2. The molecule has 0 aromatic carbocycles. The molecular weight excluding hydrogens is 393 g/mol. The second kappa shape index (κ2) is 7.18. The SMILES string of the molecule is CC1C2CCC(CC2)C1Nc1cc(-c2ccoc2)nc(-c2c[nH]c3ncc(F)cc23)n1. The predicted molar refractivity (Wildman–Crippen MR) is 117 cm³/mol. The Morgan fingerprint density at radius 1 is 1.13 bits per heavy atom. The summed E-state index contributed by atoms with van der Waals surface area (Å²) in [5.41, 5.74) is 3.00. The van der Waals surface area contributed by atoms with Gasteiger partial charge in [-0.1, -0.05) is 6.92 Å². The average molecular weight is 417 g/mol. The number of anilines is 1. The van der Waals surface area contributed by atoms with Gasteiger partial charge < -0.3 is 14.7 Å². The number of aromatic amines is 1. The molecule has 7 heteroatoms. The smallest absolute Gasteiger partial charge is 0.164 e. The lowest BCUT2D eigenvalue weighted by Gasteiger charge is -2.47. The summed E-state index contributed by atoms with van der Waals surface area (Å²) in [5, 5.41) is 4.41. The minimum atomic E-state index is -0.384. The van der Waals surface area contributed by atoms with Gasteiger partial charge in [0.25, 0.3) is 0 Å². The molecule has 4 aromatic heterocycles. The van der Waals surface area contributed by atoms with Crippen molar-refractivity contribution in [2.45, 2.75) is 38.6 Å². The highest BCUT2D eigenvalue weighted by Gasteiger charge is 2.41. The number of hydrogen-bond acceptors (Lipinski definition) is 5. The molecule has 3 saturated carbocycles. The number of nitrogens with zero attached hydrogens (tertiary/aromatic N) is 3. The minimum absolute atomic E-state index is 0.384. The molecule has 2 unspecified atom stereocenters. The lowest BCUT2D eigenvalue weighted by molar-refractivity contribution is 0.0928. The number of fused-ring (bicyclic) bond motifs is 4. The van der Waals surface area contributed by atoms with Crippen LogP contribution in [0.5, 0.6) is 0 Å². The predicted octanol–water partition coefficient (Wildman–Crippen LogP) is 5.66. The molecule has 7 rings (SSSR count). The number of halogens is 1. The molecule has 2 N–H and O–H groups in total. The third-order valence-electron chi connectivity index (χ3n) is 7.23. The molecular formula is C24H24FN5O. The van der Waals surface area contributed by atoms with Crippen LogP contribution >= 0.6 is 0 Å². The van der Waals surface area contributed by atoms with Crippen LogP contribution in [0, 0.1) is 23.6 Å². The van der Waals surface area contributed by atoms with E-state index in [0.717, 1.165) is 28.6 Å². The summed E-state index contributed by atoms with van der Waals surface area (Å²) in [6.07, 6.45) is 11.6. The number of pyridine rings is 1. The van der Waals surface area contributed by atoms with Crippen molar-refractivity contribution in [2.24, 2.45) is 17.8 Å². The Balaban J connectivity index is 1.44. The molecule has 2 bridgehead atoms. The molecule has 4 aromatic rings. The average Bonchev–Trinajstić information content (AvgIpc) is 3.46. The molecule has 6 nitrogen and oxygen atoms in total. The largest absolute Gasteiger partial charge is 0.472 e. The van der Waals surface area contributed by atoms with E-state index < -0.39 is 0 Å². The zero-order chi connectivity index (χ0) is 20.9. The lowest BCUT2D eigenvalue weighted by atomic mass is 9.62. The van der Waals surface area contributed by atoms with E-state index in [0.29, 0.717) is 34.7 Å². The van der Waals surface area contributed by atoms with Crippen LogP contribution in [-0.2, 0) is 0 Å². The van der Waals surface area contributed by atoms with Gasteiger partial charge in [0.2, 0.25) is 0 Å². The summed E-state index contributed by atoms with van der Waals surface area (Å²) >= 11 is 0. The maximum absolute atomic E-state index is 13.9. The van der Waals surface area contributed by atoms with Crippen molar-refractivity contribution in [2.75, 3.05) is 5.32 Å². The normalized spacial score (nSPS) is 25.2. The van der Waals surface area contributed by atoms with Crippen LogP contribution in [0.1, 0.15) is 32.6 Å². The van der Waals surface area contributed by atoms with Gasteiger partial charge in [-0.15, -0.1) is 0 Å². The molecule has 0 radical (unpaired) electrons. The first-order chi connectivity index (χ1) is 15.2. The van der Waals surface area contributed by atoms with E-state index in [-0.39, 0.29) is 5.82 Å². The van der Waals surface area contributed by atoms with Crippen molar-refractivity contribution >= 4 is 16.9 Å². The Kier molecular flexibility index (Phi) is 4.30. The third-order valence-corrected chi connectivity index (χ3v) is 7.23. The van der Waals surface area contributed by atoms with E-state index in [9.17, 15) is 4.39 Å². The van der Waals surface area contributed by atoms with Gasteiger partial charge in [0.05, 0.1) is 24.4 Å². The number of nitrogens with one attached hydrogen (secondary N) is 2. The van der Waals surface area contributed by atoms with Gasteiger partial charge in [0.1, 0.15) is 17.3 Å². The lowest BCUT2D eigenvalue weighted by Crippen LogP contribution is -2.47. The fourth-order valence-electron chi connectivity index (χ4n) is 5.54. The van der Waals surface area contributed by atoms with Crippen LogP contribution in [0.4, 0.5) is 10.2 Å². The van der Waals surface area contributed by atoms with Gasteiger partial charge in [0, 0.05) is 34.8 Å². The Hall–Kier alpha value is -3.22. The van der Waals surface area contributed by atoms with Crippen LogP contribution in [0.2, 0.25) is 0 Å². The summed E-state index contributed by atoms with van der Waals surface area (Å²) in [7, 11) is 0. The van der Waals surface area contributed by atoms with Crippen LogP contribution in [0.3, 0.4) is 0 Å². The first-order valence-corrected chi connectivity index (χ1v) is 11.0. The Morgan fingerprint density at radius 2 is 1.97 bits per heavy atom. The minimum Gasteiger partial charge on any atom is -0.472 e. The molecule has 4 heterocycles. The van der Waals surface area contributed by atoms with Crippen molar-refractivity contribution in [3.8, 4) is 22.6 Å². The van der Waals surface area contributed by atoms with E-state index in [1.54, 1.807) is 18.7 Å². The Labute approximate surface area is 179 Å². The molecule has 158 valence electrons.